The minimum absolute atomic E-state index is 0.0536. The summed E-state index contributed by atoms with van der Waals surface area (Å²) in [6, 6.07) is -0.436. The molecule has 0 aliphatic carbocycles. The summed E-state index contributed by atoms with van der Waals surface area (Å²) in [5.41, 5.74) is 0.541. The zero-order chi connectivity index (χ0) is 16.0. The van der Waals surface area contributed by atoms with Crippen LogP contribution in [-0.2, 0) is 20.8 Å². The number of nitrogens with zero attached hydrogens (tertiary/aromatic N) is 1. The van der Waals surface area contributed by atoms with Crippen molar-refractivity contribution in [3.8, 4) is 0 Å². The molecule has 1 rings (SSSR count). The Morgan fingerprint density at radius 3 is 2.57 bits per heavy atom. The van der Waals surface area contributed by atoms with E-state index in [0.717, 1.165) is 0 Å². The molecule has 0 saturated carbocycles. The highest BCUT2D eigenvalue weighted by molar-refractivity contribution is 7.13. The lowest BCUT2D eigenvalue weighted by atomic mass is 10.2. The topological polar surface area (TPSA) is 108 Å². The molecule has 1 aromatic rings. The van der Waals surface area contributed by atoms with E-state index < -0.39 is 12.0 Å². The van der Waals surface area contributed by atoms with Gasteiger partial charge in [0.1, 0.15) is 0 Å². The average molecular weight is 313 g/mol. The van der Waals surface area contributed by atoms with Crippen molar-refractivity contribution in [1.82, 2.24) is 10.3 Å². The Kier molecular flexibility index (Phi) is 6.29. The van der Waals surface area contributed by atoms with Gasteiger partial charge in [0.2, 0.25) is 11.8 Å². The van der Waals surface area contributed by atoms with E-state index in [1.54, 1.807) is 26.2 Å². The fourth-order valence-electron chi connectivity index (χ4n) is 1.50. The van der Waals surface area contributed by atoms with Crippen LogP contribution in [0.1, 0.15) is 32.9 Å². The SMILES string of the molecule is CC(CC(=O)O)NC(=O)Cc1csc(NC(=O)C(C)C)n1. The zero-order valence-electron chi connectivity index (χ0n) is 12.2. The molecule has 116 valence electrons. The van der Waals surface area contributed by atoms with Gasteiger partial charge in [0.15, 0.2) is 5.13 Å². The van der Waals surface area contributed by atoms with Gasteiger partial charge in [-0.25, -0.2) is 4.98 Å². The second kappa shape index (κ2) is 7.72. The molecule has 1 aromatic heterocycles. The molecule has 0 saturated heterocycles. The van der Waals surface area contributed by atoms with Crippen molar-refractivity contribution in [2.75, 3.05) is 5.32 Å². The van der Waals surface area contributed by atoms with E-state index in [1.807, 2.05) is 0 Å². The van der Waals surface area contributed by atoms with Crippen molar-refractivity contribution in [3.63, 3.8) is 0 Å². The second-order valence-electron chi connectivity index (χ2n) is 5.03. The summed E-state index contributed by atoms with van der Waals surface area (Å²) < 4.78 is 0. The summed E-state index contributed by atoms with van der Waals surface area (Å²) in [6.07, 6.45) is -0.0729. The number of carbonyl (C=O) groups is 3. The first kappa shape index (κ1) is 17.1. The maximum atomic E-state index is 11.7. The van der Waals surface area contributed by atoms with Gasteiger partial charge in [0, 0.05) is 17.3 Å². The molecule has 0 fully saturated rings. The fraction of sp³-hybridized carbons (Fsp3) is 0.538. The number of carboxylic acids is 1. The molecule has 7 nitrogen and oxygen atoms in total. The number of carboxylic acid groups (broad SMARTS) is 1. The minimum Gasteiger partial charge on any atom is -0.481 e. The predicted octanol–water partition coefficient (Wildman–Crippen LogP) is 1.26. The number of aliphatic carboxylic acids is 1. The van der Waals surface area contributed by atoms with Gasteiger partial charge in [0.25, 0.3) is 0 Å². The standard InChI is InChI=1S/C13H19N3O4S/c1-7(2)12(20)16-13-15-9(6-21-13)5-10(17)14-8(3)4-11(18)19/h6-8H,4-5H2,1-3H3,(H,14,17)(H,18,19)(H,15,16,20). The third-order valence-corrected chi connectivity index (χ3v) is 3.34. The monoisotopic (exact) mass is 313 g/mol. The Morgan fingerprint density at radius 2 is 2.00 bits per heavy atom. The van der Waals surface area contributed by atoms with E-state index in [0.29, 0.717) is 10.8 Å². The molecule has 1 heterocycles. The molecule has 0 aromatic carbocycles. The molecule has 1 unspecified atom stereocenters. The van der Waals surface area contributed by atoms with Crippen LogP contribution in [-0.4, -0.2) is 33.9 Å². The van der Waals surface area contributed by atoms with E-state index in [2.05, 4.69) is 15.6 Å². The Labute approximate surface area is 126 Å². The fourth-order valence-corrected chi connectivity index (χ4v) is 2.21. The largest absolute Gasteiger partial charge is 0.481 e. The number of thiazole rings is 1. The Balaban J connectivity index is 2.48. The number of hydrogen-bond donors (Lipinski definition) is 3. The number of hydrogen-bond acceptors (Lipinski definition) is 5. The van der Waals surface area contributed by atoms with Gasteiger partial charge in [0.05, 0.1) is 18.5 Å². The highest BCUT2D eigenvalue weighted by Gasteiger charge is 2.14. The summed E-state index contributed by atoms with van der Waals surface area (Å²) in [7, 11) is 0. The van der Waals surface area contributed by atoms with Gasteiger partial charge < -0.3 is 15.7 Å². The number of anilines is 1. The van der Waals surface area contributed by atoms with Crippen molar-refractivity contribution in [1.29, 1.82) is 0 Å². The van der Waals surface area contributed by atoms with Gasteiger partial charge in [-0.15, -0.1) is 11.3 Å². The lowest BCUT2D eigenvalue weighted by Gasteiger charge is -2.10. The van der Waals surface area contributed by atoms with Crippen LogP contribution in [0.15, 0.2) is 5.38 Å². The molecule has 21 heavy (non-hydrogen) atoms. The predicted molar refractivity (Wildman–Crippen MR) is 79.1 cm³/mol. The summed E-state index contributed by atoms with van der Waals surface area (Å²) in [4.78, 5) is 37.9. The van der Waals surface area contributed by atoms with Gasteiger partial charge in [-0.2, -0.15) is 0 Å². The van der Waals surface area contributed by atoms with Crippen LogP contribution in [0.3, 0.4) is 0 Å². The van der Waals surface area contributed by atoms with Crippen LogP contribution in [0.25, 0.3) is 0 Å². The van der Waals surface area contributed by atoms with Crippen molar-refractivity contribution in [2.45, 2.75) is 39.7 Å². The highest BCUT2D eigenvalue weighted by atomic mass is 32.1. The first-order valence-electron chi connectivity index (χ1n) is 6.54. The number of rotatable bonds is 7. The van der Waals surface area contributed by atoms with Crippen LogP contribution in [0, 0.1) is 5.92 Å². The minimum atomic E-state index is -0.963. The highest BCUT2D eigenvalue weighted by Crippen LogP contribution is 2.16. The molecule has 0 aliphatic rings. The average Bonchev–Trinajstić information content (AvgIpc) is 2.74. The van der Waals surface area contributed by atoms with Crippen LogP contribution in [0.4, 0.5) is 5.13 Å². The van der Waals surface area contributed by atoms with Crippen LogP contribution < -0.4 is 10.6 Å². The van der Waals surface area contributed by atoms with Crippen molar-refractivity contribution >= 4 is 34.3 Å². The first-order valence-corrected chi connectivity index (χ1v) is 7.42. The van der Waals surface area contributed by atoms with E-state index in [1.165, 1.54) is 11.3 Å². The summed E-state index contributed by atoms with van der Waals surface area (Å²) in [5, 5.41) is 16.0. The number of nitrogens with one attached hydrogen (secondary N) is 2. The maximum absolute atomic E-state index is 11.7. The zero-order valence-corrected chi connectivity index (χ0v) is 13.0. The summed E-state index contributed by atoms with van der Waals surface area (Å²) in [6.45, 7) is 5.18. The molecule has 8 heteroatoms. The first-order chi connectivity index (χ1) is 9.77. The molecule has 3 N–H and O–H groups in total. The molecule has 0 aliphatic heterocycles. The number of amides is 2. The van der Waals surface area contributed by atoms with E-state index >= 15 is 0 Å². The number of carbonyl (C=O) groups excluding carboxylic acids is 2. The van der Waals surface area contributed by atoms with Gasteiger partial charge in [-0.05, 0) is 6.92 Å². The summed E-state index contributed by atoms with van der Waals surface area (Å²) in [5.74, 6) is -1.53. The third kappa shape index (κ3) is 6.35. The van der Waals surface area contributed by atoms with Gasteiger partial charge >= 0.3 is 5.97 Å². The summed E-state index contributed by atoms with van der Waals surface area (Å²) >= 11 is 1.25. The lowest BCUT2D eigenvalue weighted by Crippen LogP contribution is -2.35. The lowest BCUT2D eigenvalue weighted by molar-refractivity contribution is -0.137. The third-order valence-electron chi connectivity index (χ3n) is 2.54. The van der Waals surface area contributed by atoms with Crippen molar-refractivity contribution in [3.05, 3.63) is 11.1 Å². The molecule has 2 amide bonds. The Hall–Kier alpha value is -1.96. The van der Waals surface area contributed by atoms with Gasteiger partial charge in [-0.1, -0.05) is 13.8 Å². The quantitative estimate of drug-likeness (QED) is 0.702. The van der Waals surface area contributed by atoms with E-state index in [9.17, 15) is 14.4 Å². The van der Waals surface area contributed by atoms with Crippen LogP contribution in [0.2, 0.25) is 0 Å². The Morgan fingerprint density at radius 1 is 1.33 bits per heavy atom. The molecule has 0 spiro atoms. The van der Waals surface area contributed by atoms with Crippen LogP contribution in [0.5, 0.6) is 0 Å². The second-order valence-corrected chi connectivity index (χ2v) is 5.89. The molecule has 1 atom stereocenters. The van der Waals surface area contributed by atoms with E-state index in [-0.39, 0.29) is 30.6 Å². The van der Waals surface area contributed by atoms with Crippen molar-refractivity contribution < 1.29 is 19.5 Å². The van der Waals surface area contributed by atoms with Crippen molar-refractivity contribution in [2.24, 2.45) is 5.92 Å². The molecular formula is C13H19N3O4S. The molecular weight excluding hydrogens is 294 g/mol. The van der Waals surface area contributed by atoms with Crippen LogP contribution >= 0.6 is 11.3 Å². The number of aromatic nitrogens is 1. The van der Waals surface area contributed by atoms with Gasteiger partial charge in [-0.3, -0.25) is 14.4 Å². The Bertz CT molecular complexity index is 527. The molecule has 0 bridgehead atoms. The molecule has 0 radical (unpaired) electrons. The smallest absolute Gasteiger partial charge is 0.305 e. The normalized spacial score (nSPS) is 12.0. The maximum Gasteiger partial charge on any atom is 0.305 e. The van der Waals surface area contributed by atoms with E-state index in [4.69, 9.17) is 5.11 Å².